The molecule has 3 heterocycles. The molecule has 9 nitrogen and oxygen atoms in total. The molecule has 2 N–H and O–H groups in total. The zero-order valence-electron chi connectivity index (χ0n) is 15.6. The van der Waals surface area contributed by atoms with Gasteiger partial charge in [-0.1, -0.05) is 0 Å². The number of carbonyl (C=O) groups is 2. The van der Waals surface area contributed by atoms with Gasteiger partial charge in [0.25, 0.3) is 5.91 Å². The monoisotopic (exact) mass is 467 g/mol. The van der Waals surface area contributed by atoms with Crippen LogP contribution in [0.2, 0.25) is 0 Å². The number of nitrogens with one attached hydrogen (secondary N) is 1. The molecule has 0 fully saturated rings. The van der Waals surface area contributed by atoms with Crippen molar-refractivity contribution < 1.29 is 23.9 Å². The fourth-order valence-corrected chi connectivity index (χ4v) is 3.86. The minimum absolute atomic E-state index is 0.211. The van der Waals surface area contributed by atoms with Gasteiger partial charge in [-0.3, -0.25) is 14.3 Å². The number of rotatable bonds is 2. The lowest BCUT2D eigenvalue weighted by atomic mass is 10.1. The molecule has 3 amide bonds. The summed E-state index contributed by atoms with van der Waals surface area (Å²) in [5.74, 6) is -0.793. The van der Waals surface area contributed by atoms with Crippen LogP contribution in [0.5, 0.6) is 0 Å². The molecule has 1 aromatic heterocycles. The topological polar surface area (TPSA) is 99.9 Å². The third-order valence-corrected chi connectivity index (χ3v) is 5.54. The first-order chi connectivity index (χ1) is 13.9. The molecule has 11 heteroatoms. The number of aliphatic hydroxyl groups excluding tert-OH is 1. The first-order valence-corrected chi connectivity index (χ1v) is 9.82. The average Bonchev–Trinajstić information content (AvgIpc) is 3.00. The zero-order valence-corrected chi connectivity index (χ0v) is 17.1. The second-order valence-corrected chi connectivity index (χ2v) is 7.75. The van der Waals surface area contributed by atoms with Crippen LogP contribution in [-0.4, -0.2) is 63.1 Å². The quantitative estimate of drug-likeness (QED) is 0.700. The maximum atomic E-state index is 13.4. The molecule has 0 saturated heterocycles. The maximum absolute atomic E-state index is 13.4. The normalized spacial score (nSPS) is 18.9. The summed E-state index contributed by atoms with van der Waals surface area (Å²) < 4.78 is 15.2. The third-order valence-electron chi connectivity index (χ3n) is 4.94. The number of benzene rings is 1. The van der Waals surface area contributed by atoms with Crippen LogP contribution < -0.4 is 5.32 Å². The van der Waals surface area contributed by atoms with Crippen molar-refractivity contribution in [1.82, 2.24) is 19.7 Å². The minimum atomic E-state index is -0.581. The van der Waals surface area contributed by atoms with Crippen molar-refractivity contribution in [2.75, 3.05) is 25.5 Å². The predicted octanol–water partition coefficient (Wildman–Crippen LogP) is 1.75. The zero-order chi connectivity index (χ0) is 20.7. The number of anilines is 1. The number of urea groups is 1. The highest BCUT2D eigenvalue weighted by molar-refractivity contribution is 9.10. The van der Waals surface area contributed by atoms with Crippen LogP contribution >= 0.6 is 15.9 Å². The van der Waals surface area contributed by atoms with Crippen molar-refractivity contribution in [2.45, 2.75) is 25.6 Å². The number of halogens is 2. The molecule has 1 unspecified atom stereocenters. The van der Waals surface area contributed by atoms with E-state index in [2.05, 4.69) is 26.3 Å². The summed E-state index contributed by atoms with van der Waals surface area (Å²) in [5, 5.41) is 17.8. The SMILES string of the molecule is CN1OC(CO)Cn2nc3c(c2C1=O)CN(C(=O)Nc1ccc(F)c(Br)c1)CC3. The number of carbonyl (C=O) groups excluding carboxylic acids is 2. The van der Waals surface area contributed by atoms with Gasteiger partial charge < -0.3 is 15.3 Å². The summed E-state index contributed by atoms with van der Waals surface area (Å²) in [6.45, 7) is 0.637. The Bertz CT molecular complexity index is 981. The van der Waals surface area contributed by atoms with E-state index in [1.165, 1.54) is 25.2 Å². The molecule has 0 spiro atoms. The third kappa shape index (κ3) is 3.72. The number of aliphatic hydroxyl groups is 1. The molecule has 1 aromatic carbocycles. The molecular formula is C18H19BrFN5O4. The van der Waals surface area contributed by atoms with Gasteiger partial charge in [0.15, 0.2) is 0 Å². The Hall–Kier alpha value is -2.50. The number of nitrogens with zero attached hydrogens (tertiary/aromatic N) is 4. The Labute approximate surface area is 174 Å². The van der Waals surface area contributed by atoms with E-state index >= 15 is 0 Å². The van der Waals surface area contributed by atoms with Gasteiger partial charge >= 0.3 is 6.03 Å². The minimum Gasteiger partial charge on any atom is -0.393 e. The average molecular weight is 468 g/mol. The fourth-order valence-electron chi connectivity index (χ4n) is 3.49. The highest BCUT2D eigenvalue weighted by atomic mass is 79.9. The Morgan fingerprint density at radius 3 is 3.00 bits per heavy atom. The molecule has 0 aliphatic carbocycles. The summed E-state index contributed by atoms with van der Waals surface area (Å²) in [7, 11) is 1.49. The van der Waals surface area contributed by atoms with Crippen LogP contribution in [-0.2, 0) is 24.3 Å². The van der Waals surface area contributed by atoms with E-state index in [9.17, 15) is 19.1 Å². The summed E-state index contributed by atoms with van der Waals surface area (Å²) in [4.78, 5) is 32.5. The van der Waals surface area contributed by atoms with Gasteiger partial charge in [0.2, 0.25) is 0 Å². The summed E-state index contributed by atoms with van der Waals surface area (Å²) in [5.41, 5.74) is 2.25. The smallest absolute Gasteiger partial charge is 0.322 e. The van der Waals surface area contributed by atoms with Crippen LogP contribution in [0.25, 0.3) is 0 Å². The Morgan fingerprint density at radius 2 is 2.28 bits per heavy atom. The number of amides is 3. The Morgan fingerprint density at radius 1 is 1.48 bits per heavy atom. The lowest BCUT2D eigenvalue weighted by molar-refractivity contribution is -0.159. The number of aromatic nitrogens is 2. The van der Waals surface area contributed by atoms with Crippen molar-refractivity contribution >= 4 is 33.6 Å². The first-order valence-electron chi connectivity index (χ1n) is 9.02. The van der Waals surface area contributed by atoms with Crippen LogP contribution in [0, 0.1) is 5.82 Å². The van der Waals surface area contributed by atoms with Gasteiger partial charge in [-0.15, -0.1) is 0 Å². The fraction of sp³-hybridized carbons (Fsp3) is 0.389. The van der Waals surface area contributed by atoms with Gasteiger partial charge in [0.1, 0.15) is 17.6 Å². The second-order valence-electron chi connectivity index (χ2n) is 6.90. The van der Waals surface area contributed by atoms with E-state index in [4.69, 9.17) is 4.84 Å². The van der Waals surface area contributed by atoms with Gasteiger partial charge in [-0.05, 0) is 34.1 Å². The van der Waals surface area contributed by atoms with Crippen molar-refractivity contribution in [1.29, 1.82) is 0 Å². The standard InChI is InChI=1S/C18H19BrFN5O4/c1-23-17(27)16-12-8-24(18(28)21-10-2-3-14(20)13(19)6-10)5-4-15(12)22-25(16)7-11(9-26)29-23/h2-3,6,11,26H,4-5,7-9H2,1H3,(H,21,28). The maximum Gasteiger partial charge on any atom is 0.322 e. The lowest BCUT2D eigenvalue weighted by Crippen LogP contribution is -2.39. The highest BCUT2D eigenvalue weighted by Gasteiger charge is 2.35. The molecule has 4 rings (SSSR count). The lowest BCUT2D eigenvalue weighted by Gasteiger charge is -2.27. The number of fused-ring (bicyclic) bond motifs is 3. The van der Waals surface area contributed by atoms with E-state index in [0.717, 1.165) is 10.8 Å². The van der Waals surface area contributed by atoms with Crippen LogP contribution in [0.4, 0.5) is 14.9 Å². The van der Waals surface area contributed by atoms with Gasteiger partial charge in [-0.25, -0.2) is 14.2 Å². The molecule has 154 valence electrons. The highest BCUT2D eigenvalue weighted by Crippen LogP contribution is 2.27. The van der Waals surface area contributed by atoms with Crippen molar-refractivity contribution in [3.8, 4) is 0 Å². The summed E-state index contributed by atoms with van der Waals surface area (Å²) >= 11 is 3.10. The molecule has 0 radical (unpaired) electrons. The molecule has 2 aliphatic heterocycles. The van der Waals surface area contributed by atoms with Gasteiger partial charge in [-0.2, -0.15) is 5.10 Å². The number of hydrogen-bond donors (Lipinski definition) is 2. The molecular weight excluding hydrogens is 449 g/mol. The largest absolute Gasteiger partial charge is 0.393 e. The first kappa shape index (κ1) is 19.8. The number of hydroxylamine groups is 2. The van der Waals surface area contributed by atoms with Crippen LogP contribution in [0.1, 0.15) is 21.7 Å². The van der Waals surface area contributed by atoms with E-state index in [1.54, 1.807) is 9.58 Å². The number of hydrogen-bond acceptors (Lipinski definition) is 5. The second kappa shape index (κ2) is 7.73. The van der Waals surface area contributed by atoms with Crippen molar-refractivity contribution in [3.05, 3.63) is 45.4 Å². The summed E-state index contributed by atoms with van der Waals surface area (Å²) in [6.07, 6.45) is -0.0831. The Balaban J connectivity index is 1.57. The predicted molar refractivity (Wildman–Crippen MR) is 104 cm³/mol. The van der Waals surface area contributed by atoms with Crippen molar-refractivity contribution in [3.63, 3.8) is 0 Å². The van der Waals surface area contributed by atoms with Gasteiger partial charge in [0.05, 0.1) is 29.9 Å². The molecule has 2 aromatic rings. The van der Waals surface area contributed by atoms with E-state index in [-0.39, 0.29) is 36.1 Å². The van der Waals surface area contributed by atoms with E-state index in [1.807, 2.05) is 0 Å². The molecule has 2 aliphatic rings. The van der Waals surface area contributed by atoms with E-state index < -0.39 is 11.9 Å². The van der Waals surface area contributed by atoms with E-state index in [0.29, 0.717) is 29.9 Å². The van der Waals surface area contributed by atoms with Crippen molar-refractivity contribution in [2.24, 2.45) is 0 Å². The molecule has 0 saturated carbocycles. The molecule has 29 heavy (non-hydrogen) atoms. The molecule has 1 atom stereocenters. The Kier molecular flexibility index (Phi) is 5.28. The van der Waals surface area contributed by atoms with Crippen LogP contribution in [0.3, 0.4) is 0 Å². The molecule has 0 bridgehead atoms. The van der Waals surface area contributed by atoms with Gasteiger partial charge in [0, 0.05) is 31.3 Å². The summed E-state index contributed by atoms with van der Waals surface area (Å²) in [6, 6.07) is 3.87. The van der Waals surface area contributed by atoms with Crippen LogP contribution in [0.15, 0.2) is 22.7 Å².